The number of rotatable bonds is 9. The molecule has 9 nitrogen and oxygen atoms in total. The van der Waals surface area contributed by atoms with E-state index < -0.39 is 15.9 Å². The third-order valence-corrected chi connectivity index (χ3v) is 12.0. The molecule has 1 aliphatic carbocycles. The lowest BCUT2D eigenvalue weighted by atomic mass is 9.64. The van der Waals surface area contributed by atoms with E-state index in [4.69, 9.17) is 21.1 Å². The van der Waals surface area contributed by atoms with Gasteiger partial charge in [0.25, 0.3) is 5.91 Å². The maximum absolute atomic E-state index is 13.0. The minimum atomic E-state index is -3.72. The zero-order valence-corrected chi connectivity index (χ0v) is 30.9. The Morgan fingerprint density at radius 1 is 1.04 bits per heavy atom. The Labute approximate surface area is 298 Å². The molecule has 1 unspecified atom stereocenters. The molecule has 4 aliphatic rings. The number of allylic oxidation sites excluding steroid dienone is 1. The van der Waals surface area contributed by atoms with Crippen LogP contribution in [-0.4, -0.2) is 94.9 Å². The number of hydrogen-bond acceptors (Lipinski definition) is 8. The molecule has 2 aromatic carbocycles. The van der Waals surface area contributed by atoms with E-state index in [9.17, 15) is 13.2 Å². The Morgan fingerprint density at radius 3 is 2.63 bits per heavy atom. The third kappa shape index (κ3) is 8.64. The first-order valence-electron chi connectivity index (χ1n) is 18.0. The summed E-state index contributed by atoms with van der Waals surface area (Å²) in [6.45, 7) is 9.44. The van der Waals surface area contributed by atoms with Crippen LogP contribution in [0.4, 0.5) is 5.69 Å². The fraction of sp³-hybridized carbons (Fsp3) is 0.605. The van der Waals surface area contributed by atoms with Gasteiger partial charge in [0.15, 0.2) is 0 Å². The number of anilines is 1. The number of nitrogens with zero attached hydrogens (tertiary/aromatic N) is 3. The second-order valence-electron chi connectivity index (χ2n) is 14.5. The van der Waals surface area contributed by atoms with Gasteiger partial charge in [0.05, 0.1) is 11.9 Å². The van der Waals surface area contributed by atoms with E-state index in [1.165, 1.54) is 31.4 Å². The standard InChI is InChI=1S/C38H53ClN4O5S/c1-4-17-38(47-2,27-41-20-21-42-18-8-6-10-33(42)25-41)34-15-12-30(34)24-43-19-7-5-9-28-22-32(39)14-11-31(28)26-48-36-16-13-29(23-35(36)43)37(44)40-49(3,45)46/h4,11,13-14,16-17,22-23,30,33-34H,5-10,12,15,18-21,24-27H2,1-3H3,(H,40,44)/b17-4+/t30-,33+,34+,38?/m0/s1. The van der Waals surface area contributed by atoms with Gasteiger partial charge in [-0.1, -0.05) is 36.2 Å². The lowest BCUT2D eigenvalue weighted by Crippen LogP contribution is -2.61. The van der Waals surface area contributed by atoms with Crippen molar-refractivity contribution in [3.05, 3.63) is 70.3 Å². The summed E-state index contributed by atoms with van der Waals surface area (Å²) in [5.41, 5.74) is 2.99. The lowest BCUT2D eigenvalue weighted by Gasteiger charge is -2.53. The Balaban J connectivity index is 1.27. The number of aryl methyl sites for hydroxylation is 1. The smallest absolute Gasteiger partial charge is 0.264 e. The number of benzene rings is 2. The van der Waals surface area contributed by atoms with E-state index in [0.717, 1.165) is 93.9 Å². The van der Waals surface area contributed by atoms with Crippen LogP contribution in [0.3, 0.4) is 0 Å². The first kappa shape index (κ1) is 36.2. The quantitative estimate of drug-likeness (QED) is 0.321. The summed E-state index contributed by atoms with van der Waals surface area (Å²) in [6, 6.07) is 11.8. The number of ether oxygens (including phenoxy) is 2. The maximum Gasteiger partial charge on any atom is 0.264 e. The van der Waals surface area contributed by atoms with Crippen molar-refractivity contribution in [1.82, 2.24) is 14.5 Å². The fourth-order valence-corrected chi connectivity index (χ4v) is 9.24. The monoisotopic (exact) mass is 712 g/mol. The Kier molecular flexibility index (Phi) is 11.6. The maximum atomic E-state index is 13.0. The number of hydrogen-bond donors (Lipinski definition) is 1. The highest BCUT2D eigenvalue weighted by Crippen LogP contribution is 2.46. The number of fused-ring (bicyclic) bond motifs is 3. The molecule has 268 valence electrons. The zero-order chi connectivity index (χ0) is 34.6. The number of nitrogens with one attached hydrogen (secondary N) is 1. The highest BCUT2D eigenvalue weighted by molar-refractivity contribution is 7.89. The lowest BCUT2D eigenvalue weighted by molar-refractivity contribution is -0.0999. The number of sulfonamides is 1. The molecule has 2 aromatic rings. The number of methoxy groups -OCH3 is 1. The topological polar surface area (TPSA) is 91.4 Å². The number of halogens is 1. The summed E-state index contributed by atoms with van der Waals surface area (Å²) >= 11 is 6.38. The Hall–Kier alpha value is -2.63. The molecule has 3 fully saturated rings. The fourth-order valence-electron chi connectivity index (χ4n) is 8.59. The van der Waals surface area contributed by atoms with Crippen molar-refractivity contribution < 1.29 is 22.7 Å². The molecule has 3 aliphatic heterocycles. The van der Waals surface area contributed by atoms with Crippen LogP contribution in [0.25, 0.3) is 0 Å². The molecule has 0 radical (unpaired) electrons. The summed E-state index contributed by atoms with van der Waals surface area (Å²) < 4.78 is 39.1. The van der Waals surface area contributed by atoms with Gasteiger partial charge in [-0.25, -0.2) is 13.1 Å². The van der Waals surface area contributed by atoms with E-state index in [1.807, 2.05) is 25.3 Å². The van der Waals surface area contributed by atoms with Gasteiger partial charge in [0.1, 0.15) is 18.0 Å². The van der Waals surface area contributed by atoms with Crippen molar-refractivity contribution >= 4 is 33.2 Å². The number of carbonyl (C=O) groups excluding carboxylic acids is 1. The van der Waals surface area contributed by atoms with Crippen molar-refractivity contribution in [3.8, 4) is 5.75 Å². The van der Waals surface area contributed by atoms with Gasteiger partial charge in [-0.15, -0.1) is 0 Å². The highest BCUT2D eigenvalue weighted by atomic mass is 35.5. The van der Waals surface area contributed by atoms with Crippen LogP contribution in [0.2, 0.25) is 5.02 Å². The summed E-state index contributed by atoms with van der Waals surface area (Å²) in [6.07, 6.45) is 14.4. The Bertz CT molecular complexity index is 1620. The normalized spacial score (nSPS) is 25.1. The van der Waals surface area contributed by atoms with E-state index in [1.54, 1.807) is 18.2 Å². The second-order valence-corrected chi connectivity index (χ2v) is 16.7. The predicted octanol–water partition coefficient (Wildman–Crippen LogP) is 5.91. The van der Waals surface area contributed by atoms with Gasteiger partial charge in [-0.05, 0) is 112 Å². The zero-order valence-electron chi connectivity index (χ0n) is 29.3. The van der Waals surface area contributed by atoms with Crippen LogP contribution >= 0.6 is 11.6 Å². The van der Waals surface area contributed by atoms with Gasteiger partial charge in [-0.2, -0.15) is 0 Å². The van der Waals surface area contributed by atoms with Crippen LogP contribution in [0, 0.1) is 11.8 Å². The summed E-state index contributed by atoms with van der Waals surface area (Å²) in [5.74, 6) is 0.732. The van der Waals surface area contributed by atoms with Crippen LogP contribution in [0.15, 0.2) is 48.6 Å². The SMILES string of the molecule is C/C=C/C(CN1CCN2CCCC[C@@H]2C1)(OC)[C@@H]1CC[C@H]1CN1CCCCc2cc(Cl)ccc2COc2ccc(C(=O)NS(C)(=O)=O)cc21. The number of amides is 1. The van der Waals surface area contributed by atoms with E-state index in [-0.39, 0.29) is 11.2 Å². The van der Waals surface area contributed by atoms with E-state index in [2.05, 4.69) is 38.5 Å². The molecule has 3 heterocycles. The van der Waals surface area contributed by atoms with E-state index in [0.29, 0.717) is 30.2 Å². The number of piperidine rings is 1. The summed E-state index contributed by atoms with van der Waals surface area (Å²) in [4.78, 5) is 20.7. The Morgan fingerprint density at radius 2 is 1.88 bits per heavy atom. The molecule has 11 heteroatoms. The largest absolute Gasteiger partial charge is 0.487 e. The van der Waals surface area contributed by atoms with Crippen LogP contribution in [-0.2, 0) is 27.8 Å². The summed E-state index contributed by atoms with van der Waals surface area (Å²) in [5, 5.41) is 0.719. The van der Waals surface area contributed by atoms with Crippen LogP contribution in [0.5, 0.6) is 5.75 Å². The molecule has 49 heavy (non-hydrogen) atoms. The van der Waals surface area contributed by atoms with Crippen LogP contribution < -0.4 is 14.4 Å². The molecule has 6 rings (SSSR count). The molecule has 0 spiro atoms. The van der Waals surface area contributed by atoms with Crippen molar-refractivity contribution in [2.75, 3.05) is 64.1 Å². The minimum absolute atomic E-state index is 0.284. The highest BCUT2D eigenvalue weighted by Gasteiger charge is 2.48. The van der Waals surface area contributed by atoms with Gasteiger partial charge in [-0.3, -0.25) is 14.6 Å². The molecular formula is C38H53ClN4O5S. The molecule has 0 bridgehead atoms. The van der Waals surface area contributed by atoms with Gasteiger partial charge in [0, 0.05) is 63.0 Å². The van der Waals surface area contributed by atoms with E-state index >= 15 is 0 Å². The van der Waals surface area contributed by atoms with Gasteiger partial charge >= 0.3 is 0 Å². The van der Waals surface area contributed by atoms with Gasteiger partial charge in [0.2, 0.25) is 10.0 Å². The molecular weight excluding hydrogens is 660 g/mol. The first-order chi connectivity index (χ1) is 23.6. The van der Waals surface area contributed by atoms with Crippen molar-refractivity contribution in [2.24, 2.45) is 11.8 Å². The van der Waals surface area contributed by atoms with Crippen LogP contribution in [0.1, 0.15) is 73.4 Å². The molecule has 4 atom stereocenters. The third-order valence-electron chi connectivity index (χ3n) is 11.2. The molecule has 0 aromatic heterocycles. The van der Waals surface area contributed by atoms with Crippen molar-refractivity contribution in [2.45, 2.75) is 76.5 Å². The minimum Gasteiger partial charge on any atom is -0.487 e. The summed E-state index contributed by atoms with van der Waals surface area (Å²) in [7, 11) is -1.84. The number of piperazine rings is 1. The average Bonchev–Trinajstić information content (AvgIpc) is 3.09. The van der Waals surface area contributed by atoms with Crippen molar-refractivity contribution in [1.29, 1.82) is 0 Å². The van der Waals surface area contributed by atoms with Crippen molar-refractivity contribution in [3.63, 3.8) is 0 Å². The molecule has 2 saturated heterocycles. The second kappa shape index (κ2) is 15.7. The number of carbonyl (C=O) groups is 1. The van der Waals surface area contributed by atoms with Gasteiger partial charge < -0.3 is 14.4 Å². The predicted molar refractivity (Wildman–Crippen MR) is 196 cm³/mol. The first-order valence-corrected chi connectivity index (χ1v) is 20.3. The molecule has 1 N–H and O–H groups in total. The average molecular weight is 713 g/mol. The molecule has 1 amide bonds. The molecule has 1 saturated carbocycles.